The lowest BCUT2D eigenvalue weighted by Gasteiger charge is -2.12. The molecule has 0 aromatic heterocycles. The number of rotatable bonds is 9. The lowest BCUT2D eigenvalue weighted by molar-refractivity contribution is -0.124. The van der Waals surface area contributed by atoms with E-state index in [0.717, 1.165) is 10.8 Å². The van der Waals surface area contributed by atoms with Crippen molar-refractivity contribution in [3.05, 3.63) is 65.7 Å². The molecule has 170 valence electrons. The molecule has 0 atom stereocenters. The van der Waals surface area contributed by atoms with E-state index in [1.165, 1.54) is 32.6 Å². The van der Waals surface area contributed by atoms with E-state index in [1.54, 1.807) is 6.07 Å². The van der Waals surface area contributed by atoms with Crippen molar-refractivity contribution in [2.24, 2.45) is 5.10 Å². The van der Waals surface area contributed by atoms with E-state index < -0.39 is 11.9 Å². The van der Waals surface area contributed by atoms with Gasteiger partial charge in [0.15, 0.2) is 11.5 Å². The molecular weight excluding hydrogens is 426 g/mol. The van der Waals surface area contributed by atoms with Crippen molar-refractivity contribution in [2.75, 3.05) is 19.5 Å². The third-order valence-electron chi connectivity index (χ3n) is 4.83. The summed E-state index contributed by atoms with van der Waals surface area (Å²) < 4.78 is 10.2. The highest BCUT2D eigenvalue weighted by molar-refractivity contribution is 6.03. The van der Waals surface area contributed by atoms with Crippen LogP contribution < -0.4 is 20.2 Å². The predicted octanol–water partition coefficient (Wildman–Crippen LogP) is 3.42. The molecule has 0 saturated carbocycles. The van der Waals surface area contributed by atoms with E-state index in [0.29, 0.717) is 5.69 Å². The van der Waals surface area contributed by atoms with Crippen molar-refractivity contribution in [1.82, 2.24) is 5.43 Å². The molecule has 0 aliphatic heterocycles. The van der Waals surface area contributed by atoms with E-state index in [4.69, 9.17) is 9.47 Å². The van der Waals surface area contributed by atoms with Crippen molar-refractivity contribution in [2.45, 2.75) is 12.8 Å². The highest BCUT2D eigenvalue weighted by Gasteiger charge is 2.20. The van der Waals surface area contributed by atoms with Crippen LogP contribution in [0.4, 0.5) is 5.69 Å². The smallest absolute Gasteiger partial charge is 0.340 e. The number of carbonyl (C=O) groups is 3. The summed E-state index contributed by atoms with van der Waals surface area (Å²) in [6.45, 7) is 0. The van der Waals surface area contributed by atoms with Crippen molar-refractivity contribution < 1.29 is 29.0 Å². The van der Waals surface area contributed by atoms with E-state index in [2.05, 4.69) is 15.8 Å². The van der Waals surface area contributed by atoms with Gasteiger partial charge in [0.2, 0.25) is 11.8 Å². The summed E-state index contributed by atoms with van der Waals surface area (Å²) in [4.78, 5) is 36.0. The number of anilines is 1. The van der Waals surface area contributed by atoms with Gasteiger partial charge in [-0.2, -0.15) is 5.10 Å². The molecule has 9 heteroatoms. The van der Waals surface area contributed by atoms with Crippen LogP contribution in [0.2, 0.25) is 0 Å². The molecule has 0 fully saturated rings. The van der Waals surface area contributed by atoms with E-state index in [9.17, 15) is 19.5 Å². The van der Waals surface area contributed by atoms with E-state index in [1.807, 2.05) is 36.4 Å². The van der Waals surface area contributed by atoms with Crippen LogP contribution in [0.5, 0.6) is 11.5 Å². The zero-order valence-electron chi connectivity index (χ0n) is 18.1. The number of amides is 2. The molecule has 0 spiro atoms. The lowest BCUT2D eigenvalue weighted by Crippen LogP contribution is -2.21. The Balaban J connectivity index is 1.58. The molecule has 0 aliphatic rings. The molecule has 0 heterocycles. The van der Waals surface area contributed by atoms with Crippen molar-refractivity contribution >= 4 is 40.5 Å². The van der Waals surface area contributed by atoms with Gasteiger partial charge in [0.1, 0.15) is 5.56 Å². The van der Waals surface area contributed by atoms with E-state index in [-0.39, 0.29) is 41.4 Å². The molecule has 3 N–H and O–H groups in total. The number of carboxylic acid groups (broad SMARTS) is 1. The normalized spacial score (nSPS) is 10.7. The molecule has 0 unspecified atom stereocenters. The van der Waals surface area contributed by atoms with Gasteiger partial charge in [-0.05, 0) is 23.6 Å². The molecule has 3 aromatic carbocycles. The monoisotopic (exact) mass is 449 g/mol. The minimum absolute atomic E-state index is 0.0404. The lowest BCUT2D eigenvalue weighted by atomic mass is 10.1. The largest absolute Gasteiger partial charge is 0.493 e. The topological polar surface area (TPSA) is 126 Å². The van der Waals surface area contributed by atoms with Crippen LogP contribution in [0.15, 0.2) is 59.7 Å². The zero-order chi connectivity index (χ0) is 23.8. The maximum Gasteiger partial charge on any atom is 0.340 e. The average molecular weight is 449 g/mol. The fourth-order valence-electron chi connectivity index (χ4n) is 3.27. The van der Waals surface area contributed by atoms with Gasteiger partial charge >= 0.3 is 5.97 Å². The summed E-state index contributed by atoms with van der Waals surface area (Å²) in [7, 11) is 2.73. The third kappa shape index (κ3) is 5.65. The molecule has 0 radical (unpaired) electrons. The standard InChI is InChI=1S/C24H23N3O6/c1-32-19-11-10-16(22(24(30)31)23(19)33-2)14-25-27-21(29)13-12-20(28)26-18-9-5-7-15-6-3-4-8-17(15)18/h3-11,14H,12-13H2,1-2H3,(H,26,28)(H,27,29)(H,30,31)/b25-14+. The Hall–Kier alpha value is -4.40. The number of carboxylic acids is 1. The number of carbonyl (C=O) groups excluding carboxylic acids is 2. The second-order valence-corrected chi connectivity index (χ2v) is 6.94. The number of hydrogen-bond acceptors (Lipinski definition) is 6. The summed E-state index contributed by atoms with van der Waals surface area (Å²) in [6.07, 6.45) is 1.06. The summed E-state index contributed by atoms with van der Waals surface area (Å²) >= 11 is 0. The number of nitrogens with one attached hydrogen (secondary N) is 2. The first-order valence-corrected chi connectivity index (χ1v) is 10.0. The Labute approximate surface area is 190 Å². The predicted molar refractivity (Wildman–Crippen MR) is 124 cm³/mol. The third-order valence-corrected chi connectivity index (χ3v) is 4.83. The first-order valence-electron chi connectivity index (χ1n) is 10.0. The van der Waals surface area contributed by atoms with Crippen LogP contribution in [0.3, 0.4) is 0 Å². The van der Waals surface area contributed by atoms with Crippen LogP contribution in [-0.4, -0.2) is 43.3 Å². The van der Waals surface area contributed by atoms with Gasteiger partial charge in [-0.15, -0.1) is 0 Å². The van der Waals surface area contributed by atoms with Gasteiger partial charge < -0.3 is 19.9 Å². The van der Waals surface area contributed by atoms with E-state index >= 15 is 0 Å². The van der Waals surface area contributed by atoms with Gasteiger partial charge in [-0.1, -0.05) is 36.4 Å². The Kier molecular flexibility index (Phi) is 7.59. The SMILES string of the molecule is COc1ccc(/C=N/NC(=O)CCC(=O)Nc2cccc3ccccc23)c(C(=O)O)c1OC. The first-order chi connectivity index (χ1) is 15.9. The van der Waals surface area contributed by atoms with Gasteiger partial charge in [0, 0.05) is 29.5 Å². The molecule has 0 bridgehead atoms. The van der Waals surface area contributed by atoms with Gasteiger partial charge in [-0.3, -0.25) is 9.59 Å². The molecule has 3 aromatic rings. The number of ether oxygens (including phenoxy) is 2. The molecule has 3 rings (SSSR count). The molecular formula is C24H23N3O6. The quantitative estimate of drug-likeness (QED) is 0.339. The summed E-state index contributed by atoms with van der Waals surface area (Å²) in [5, 5.41) is 18.0. The van der Waals surface area contributed by atoms with Crippen molar-refractivity contribution in [3.8, 4) is 11.5 Å². The van der Waals surface area contributed by atoms with Crippen LogP contribution in [0, 0.1) is 0 Å². The minimum atomic E-state index is -1.23. The number of fused-ring (bicyclic) bond motifs is 1. The minimum Gasteiger partial charge on any atom is -0.493 e. The fraction of sp³-hybridized carbons (Fsp3) is 0.167. The number of benzene rings is 3. The Morgan fingerprint density at radius 2 is 1.67 bits per heavy atom. The Morgan fingerprint density at radius 1 is 0.939 bits per heavy atom. The number of hydrogen-bond donors (Lipinski definition) is 3. The van der Waals surface area contributed by atoms with Crippen LogP contribution in [-0.2, 0) is 9.59 Å². The summed E-state index contributed by atoms with van der Waals surface area (Å²) in [5.74, 6) is -1.72. The molecule has 33 heavy (non-hydrogen) atoms. The second kappa shape index (κ2) is 10.8. The van der Waals surface area contributed by atoms with Gasteiger partial charge in [0.25, 0.3) is 0 Å². The number of aromatic carboxylic acids is 1. The number of nitrogens with zero attached hydrogens (tertiary/aromatic N) is 1. The number of methoxy groups -OCH3 is 2. The van der Waals surface area contributed by atoms with Crippen LogP contribution in [0.1, 0.15) is 28.8 Å². The van der Waals surface area contributed by atoms with Crippen molar-refractivity contribution in [1.29, 1.82) is 0 Å². The maximum atomic E-state index is 12.3. The Morgan fingerprint density at radius 3 is 2.39 bits per heavy atom. The van der Waals surface area contributed by atoms with Crippen LogP contribution in [0.25, 0.3) is 10.8 Å². The van der Waals surface area contributed by atoms with Crippen LogP contribution >= 0.6 is 0 Å². The first kappa shape index (κ1) is 23.3. The van der Waals surface area contributed by atoms with Crippen molar-refractivity contribution in [3.63, 3.8) is 0 Å². The fourth-order valence-corrected chi connectivity index (χ4v) is 3.27. The zero-order valence-corrected chi connectivity index (χ0v) is 18.1. The molecule has 9 nitrogen and oxygen atoms in total. The highest BCUT2D eigenvalue weighted by atomic mass is 16.5. The van der Waals surface area contributed by atoms with Gasteiger partial charge in [-0.25, -0.2) is 10.2 Å². The average Bonchev–Trinajstić information content (AvgIpc) is 2.82. The molecule has 0 saturated heterocycles. The molecule has 0 aliphatic carbocycles. The summed E-state index contributed by atoms with van der Waals surface area (Å²) in [5.41, 5.74) is 3.04. The highest BCUT2D eigenvalue weighted by Crippen LogP contribution is 2.32. The molecule has 2 amide bonds. The summed E-state index contributed by atoms with van der Waals surface area (Å²) in [6, 6.07) is 16.3. The second-order valence-electron chi connectivity index (χ2n) is 6.94. The Bertz CT molecular complexity index is 1220. The maximum absolute atomic E-state index is 12.3. The number of hydrazone groups is 1. The van der Waals surface area contributed by atoms with Gasteiger partial charge in [0.05, 0.1) is 20.4 Å².